The lowest BCUT2D eigenvalue weighted by molar-refractivity contribution is -0.192. The molecule has 2 fully saturated rings. The molecule has 1 spiro atoms. The van der Waals surface area contributed by atoms with Crippen molar-refractivity contribution in [1.29, 1.82) is 0 Å². The summed E-state index contributed by atoms with van der Waals surface area (Å²) in [7, 11) is 2.01. The van der Waals surface area contributed by atoms with Crippen LogP contribution in [0.3, 0.4) is 0 Å². The van der Waals surface area contributed by atoms with Crippen LogP contribution in [0.5, 0.6) is 0 Å². The number of likely N-dealkylation sites (tertiary alicyclic amines) is 1. The van der Waals surface area contributed by atoms with Crippen molar-refractivity contribution < 1.29 is 32.7 Å². The topological polar surface area (TPSA) is 81.2 Å². The van der Waals surface area contributed by atoms with E-state index in [1.807, 2.05) is 59.7 Å². The number of carbonyl (C=O) groups excluding carboxylic acids is 2. The number of anilines is 1. The molecule has 3 heterocycles. The van der Waals surface area contributed by atoms with Crippen LogP contribution in [0.2, 0.25) is 0 Å². The second kappa shape index (κ2) is 9.75. The number of rotatable bonds is 2. The minimum Gasteiger partial charge on any atom is -0.475 e. The summed E-state index contributed by atoms with van der Waals surface area (Å²) in [6.07, 6.45) is -4.20. The fourth-order valence-electron chi connectivity index (χ4n) is 4.36. The van der Waals surface area contributed by atoms with E-state index >= 15 is 0 Å². The molecular weight excluding hydrogens is 471 g/mol. The van der Waals surface area contributed by atoms with Gasteiger partial charge in [0.1, 0.15) is 0 Å². The van der Waals surface area contributed by atoms with Crippen LogP contribution in [-0.2, 0) is 9.59 Å². The molecule has 0 saturated carbocycles. The Bertz CT molecular complexity index is 1050. The van der Waals surface area contributed by atoms with Crippen LogP contribution in [0.1, 0.15) is 27.9 Å². The number of carboxylic acid groups (broad SMARTS) is 1. The maximum atomic E-state index is 13.1. The summed E-state index contributed by atoms with van der Waals surface area (Å²) in [6, 6.07) is 8.01. The van der Waals surface area contributed by atoms with Gasteiger partial charge in [-0.25, -0.2) is 4.79 Å². The van der Waals surface area contributed by atoms with Crippen LogP contribution >= 0.6 is 11.3 Å². The second-order valence-corrected chi connectivity index (χ2v) is 9.48. The number of carboxylic acids is 1. The van der Waals surface area contributed by atoms with E-state index in [1.54, 1.807) is 11.3 Å². The molecule has 0 bridgehead atoms. The van der Waals surface area contributed by atoms with Crippen molar-refractivity contribution in [3.63, 3.8) is 0 Å². The molecule has 2 aliphatic heterocycles. The van der Waals surface area contributed by atoms with Crippen molar-refractivity contribution in [1.82, 2.24) is 9.80 Å². The van der Waals surface area contributed by atoms with Crippen molar-refractivity contribution >= 4 is 34.8 Å². The number of piperazine rings is 1. The number of hydrogen-bond acceptors (Lipinski definition) is 5. The Kier molecular flexibility index (Phi) is 7.37. The number of amides is 2. The Morgan fingerprint density at radius 1 is 1.12 bits per heavy atom. The molecule has 1 aromatic heterocycles. The van der Waals surface area contributed by atoms with Gasteiger partial charge in [0.15, 0.2) is 0 Å². The van der Waals surface area contributed by atoms with E-state index in [4.69, 9.17) is 9.90 Å². The van der Waals surface area contributed by atoms with Gasteiger partial charge in [0.05, 0.1) is 17.8 Å². The fraction of sp³-hybridized carbons (Fsp3) is 0.435. The first-order valence-corrected chi connectivity index (χ1v) is 11.5. The Morgan fingerprint density at radius 3 is 2.26 bits per heavy atom. The lowest BCUT2D eigenvalue weighted by atomic mass is 9.92. The second-order valence-electron chi connectivity index (χ2n) is 8.70. The van der Waals surface area contributed by atoms with Gasteiger partial charge in [-0.1, -0.05) is 17.2 Å². The third-order valence-corrected chi connectivity index (χ3v) is 6.75. The van der Waals surface area contributed by atoms with Crippen molar-refractivity contribution in [2.75, 3.05) is 38.1 Å². The van der Waals surface area contributed by atoms with Crippen LogP contribution in [-0.4, -0.2) is 77.6 Å². The molecule has 1 unspecified atom stereocenters. The predicted molar refractivity (Wildman–Crippen MR) is 122 cm³/mol. The highest BCUT2D eigenvalue weighted by molar-refractivity contribution is 7.08. The molecule has 2 saturated heterocycles. The van der Waals surface area contributed by atoms with E-state index in [2.05, 4.69) is 11.0 Å². The number of aryl methyl sites for hydroxylation is 2. The molecule has 0 radical (unpaired) electrons. The van der Waals surface area contributed by atoms with Gasteiger partial charge in [-0.2, -0.15) is 24.5 Å². The number of carbonyl (C=O) groups is 3. The average Bonchev–Trinajstić information content (AvgIpc) is 3.40. The number of benzene rings is 1. The first-order chi connectivity index (χ1) is 15.8. The summed E-state index contributed by atoms with van der Waals surface area (Å²) < 4.78 is 31.7. The molecule has 2 aromatic rings. The monoisotopic (exact) mass is 497 g/mol. The van der Waals surface area contributed by atoms with Gasteiger partial charge in [0, 0.05) is 30.6 Å². The smallest absolute Gasteiger partial charge is 0.475 e. The summed E-state index contributed by atoms with van der Waals surface area (Å²) in [5.41, 5.74) is 3.77. The zero-order valence-electron chi connectivity index (χ0n) is 19.1. The predicted octanol–water partition coefficient (Wildman–Crippen LogP) is 3.56. The Hall–Kier alpha value is -2.92. The largest absolute Gasteiger partial charge is 0.490 e. The first-order valence-electron chi connectivity index (χ1n) is 10.5. The molecular formula is C23H26F3N3O4S. The van der Waals surface area contributed by atoms with Crippen LogP contribution in [0.25, 0.3) is 0 Å². The van der Waals surface area contributed by atoms with Gasteiger partial charge in [0.2, 0.25) is 5.91 Å². The van der Waals surface area contributed by atoms with Crippen LogP contribution in [0.15, 0.2) is 35.0 Å². The van der Waals surface area contributed by atoms with E-state index in [9.17, 15) is 22.8 Å². The van der Waals surface area contributed by atoms with E-state index in [1.165, 1.54) is 0 Å². The van der Waals surface area contributed by atoms with E-state index < -0.39 is 12.1 Å². The maximum Gasteiger partial charge on any atom is 0.490 e. The number of hydrogen-bond donors (Lipinski definition) is 1. The molecule has 1 atom stereocenters. The van der Waals surface area contributed by atoms with Crippen LogP contribution in [0, 0.1) is 13.8 Å². The van der Waals surface area contributed by atoms with E-state index in [0.29, 0.717) is 19.6 Å². The van der Waals surface area contributed by atoms with Crippen molar-refractivity contribution in [3.05, 3.63) is 51.7 Å². The summed E-state index contributed by atoms with van der Waals surface area (Å²) in [5.74, 6) is -2.54. The Balaban J connectivity index is 0.000000406. The van der Waals surface area contributed by atoms with Gasteiger partial charge < -0.3 is 14.9 Å². The standard InChI is InChI=1S/C21H25N3O2S.C2HF3O2/c1-15-8-16(2)10-17(9-15)20(26)23-6-5-21(13-23)14-24(18-4-7-27-12-18)19(25)11-22(21)3;3-2(4,5)1(6)7/h4,7-10,12H,5-6,11,13-14H2,1-3H3;(H,6,7). The Labute approximate surface area is 199 Å². The summed E-state index contributed by atoms with van der Waals surface area (Å²) in [4.78, 5) is 40.5. The van der Waals surface area contributed by atoms with Crippen LogP contribution < -0.4 is 4.90 Å². The third kappa shape index (κ3) is 5.58. The molecule has 184 valence electrons. The first kappa shape index (κ1) is 25.7. The number of thiophene rings is 1. The molecule has 2 aliphatic rings. The SMILES string of the molecule is Cc1cc(C)cc(C(=O)N2CCC3(C2)CN(c2ccsc2)C(=O)CN3C)c1.O=C(O)C(F)(F)F. The minimum atomic E-state index is -5.08. The fourth-order valence-corrected chi connectivity index (χ4v) is 5.00. The molecule has 34 heavy (non-hydrogen) atoms. The molecule has 7 nitrogen and oxygen atoms in total. The van der Waals surface area contributed by atoms with Crippen molar-refractivity contribution in [3.8, 4) is 0 Å². The highest BCUT2D eigenvalue weighted by Gasteiger charge is 2.48. The minimum absolute atomic E-state index is 0.0889. The number of nitrogens with zero attached hydrogens (tertiary/aromatic N) is 3. The number of halogens is 3. The molecule has 1 aromatic carbocycles. The Morgan fingerprint density at radius 2 is 1.74 bits per heavy atom. The number of aliphatic carboxylic acids is 1. The molecule has 2 amide bonds. The highest BCUT2D eigenvalue weighted by Crippen LogP contribution is 2.34. The third-order valence-electron chi connectivity index (χ3n) is 6.08. The summed E-state index contributed by atoms with van der Waals surface area (Å²) in [5, 5.41) is 11.1. The van der Waals surface area contributed by atoms with E-state index in [-0.39, 0.29) is 17.4 Å². The van der Waals surface area contributed by atoms with Crippen LogP contribution in [0.4, 0.5) is 18.9 Å². The zero-order chi connectivity index (χ0) is 25.3. The molecule has 1 N–H and O–H groups in total. The number of alkyl halides is 3. The van der Waals surface area contributed by atoms with Gasteiger partial charge in [-0.05, 0) is 50.9 Å². The summed E-state index contributed by atoms with van der Waals surface area (Å²) in [6.45, 7) is 6.45. The maximum absolute atomic E-state index is 13.1. The zero-order valence-corrected chi connectivity index (χ0v) is 19.9. The van der Waals surface area contributed by atoms with Gasteiger partial charge in [-0.15, -0.1) is 0 Å². The number of likely N-dealkylation sites (N-methyl/N-ethyl adjacent to an activating group) is 1. The quantitative estimate of drug-likeness (QED) is 0.686. The molecule has 4 rings (SSSR count). The molecule has 0 aliphatic carbocycles. The normalized spacial score (nSPS) is 20.9. The highest BCUT2D eigenvalue weighted by atomic mass is 32.1. The van der Waals surface area contributed by atoms with E-state index in [0.717, 1.165) is 35.3 Å². The van der Waals surface area contributed by atoms with Crippen molar-refractivity contribution in [2.24, 2.45) is 0 Å². The average molecular weight is 498 g/mol. The lowest BCUT2D eigenvalue weighted by Gasteiger charge is -2.46. The lowest BCUT2D eigenvalue weighted by Crippen LogP contribution is -2.64. The summed E-state index contributed by atoms with van der Waals surface area (Å²) >= 11 is 1.60. The molecule has 11 heteroatoms. The van der Waals surface area contributed by atoms with Crippen molar-refractivity contribution in [2.45, 2.75) is 32.0 Å². The van der Waals surface area contributed by atoms with Gasteiger partial charge in [-0.3, -0.25) is 14.5 Å². The van der Waals surface area contributed by atoms with Gasteiger partial charge >= 0.3 is 12.1 Å². The van der Waals surface area contributed by atoms with Gasteiger partial charge in [0.25, 0.3) is 5.91 Å².